The van der Waals surface area contributed by atoms with Crippen LogP contribution in [0.2, 0.25) is 0 Å². The van der Waals surface area contributed by atoms with E-state index in [0.29, 0.717) is 5.92 Å². The molecule has 0 aromatic heterocycles. The predicted octanol–water partition coefficient (Wildman–Crippen LogP) is 4.62. The number of fused-ring (bicyclic) bond motifs is 1. The number of hydrogen-bond donors (Lipinski definition) is 0. The van der Waals surface area contributed by atoms with Gasteiger partial charge in [-0.05, 0) is 49.9 Å². The van der Waals surface area contributed by atoms with E-state index < -0.39 is 0 Å². The van der Waals surface area contributed by atoms with Crippen molar-refractivity contribution < 1.29 is 4.79 Å². The molecule has 21 heavy (non-hydrogen) atoms. The molecular formula is C19H21NO. The van der Waals surface area contributed by atoms with Crippen LogP contribution in [0.4, 0.5) is 5.69 Å². The summed E-state index contributed by atoms with van der Waals surface area (Å²) >= 11 is 0. The highest BCUT2D eigenvalue weighted by molar-refractivity contribution is 6.07. The van der Waals surface area contributed by atoms with E-state index in [4.69, 9.17) is 0 Å². The smallest absolute Gasteiger partial charge is 0.258 e. The Morgan fingerprint density at radius 3 is 2.38 bits per heavy atom. The van der Waals surface area contributed by atoms with Crippen molar-refractivity contribution in [3.05, 3.63) is 65.7 Å². The van der Waals surface area contributed by atoms with Crippen LogP contribution >= 0.6 is 0 Å². The van der Waals surface area contributed by atoms with Gasteiger partial charge in [0, 0.05) is 16.8 Å². The van der Waals surface area contributed by atoms with E-state index in [1.54, 1.807) is 0 Å². The van der Waals surface area contributed by atoms with Gasteiger partial charge in [-0.2, -0.15) is 0 Å². The van der Waals surface area contributed by atoms with Gasteiger partial charge < -0.3 is 4.90 Å². The summed E-state index contributed by atoms with van der Waals surface area (Å²) in [7, 11) is 0. The fraction of sp³-hybridized carbons (Fsp3) is 0.316. The Labute approximate surface area is 126 Å². The molecule has 1 amide bonds. The maximum absolute atomic E-state index is 13.0. The van der Waals surface area contributed by atoms with Crippen molar-refractivity contribution in [2.75, 3.05) is 4.90 Å². The summed E-state index contributed by atoms with van der Waals surface area (Å²) in [6.07, 6.45) is 0.975. The molecule has 2 aromatic carbocycles. The summed E-state index contributed by atoms with van der Waals surface area (Å²) in [5, 5.41) is 0. The summed E-state index contributed by atoms with van der Waals surface area (Å²) in [5.41, 5.74) is 2.88. The second-order valence-corrected chi connectivity index (χ2v) is 6.48. The summed E-state index contributed by atoms with van der Waals surface area (Å²) in [6.45, 7) is 6.55. The molecule has 0 aliphatic carbocycles. The van der Waals surface area contributed by atoms with Crippen molar-refractivity contribution in [3.8, 4) is 0 Å². The zero-order valence-electron chi connectivity index (χ0n) is 12.8. The minimum absolute atomic E-state index is 0.0833. The number of nitrogens with zero attached hydrogens (tertiary/aromatic N) is 1. The van der Waals surface area contributed by atoms with Crippen LogP contribution in [0.5, 0.6) is 0 Å². The lowest BCUT2D eigenvalue weighted by atomic mass is 9.80. The molecule has 0 spiro atoms. The molecule has 1 aliphatic heterocycles. The zero-order valence-corrected chi connectivity index (χ0v) is 12.8. The lowest BCUT2D eigenvalue weighted by Crippen LogP contribution is -2.51. The Morgan fingerprint density at radius 2 is 1.67 bits per heavy atom. The average Bonchev–Trinajstić information content (AvgIpc) is 2.47. The second kappa shape index (κ2) is 5.03. The van der Waals surface area contributed by atoms with Crippen molar-refractivity contribution in [2.24, 2.45) is 0 Å². The van der Waals surface area contributed by atoms with E-state index in [1.165, 1.54) is 5.56 Å². The van der Waals surface area contributed by atoms with Gasteiger partial charge in [0.05, 0.1) is 0 Å². The molecule has 2 heteroatoms. The minimum Gasteiger partial charge on any atom is -0.303 e. The maximum atomic E-state index is 13.0. The Bertz CT molecular complexity index is 660. The number of amides is 1. The largest absolute Gasteiger partial charge is 0.303 e. The molecule has 0 radical (unpaired) electrons. The summed E-state index contributed by atoms with van der Waals surface area (Å²) in [4.78, 5) is 15.0. The van der Waals surface area contributed by atoms with Gasteiger partial charge >= 0.3 is 0 Å². The number of carbonyl (C=O) groups excluding carboxylic acids is 1. The quantitative estimate of drug-likeness (QED) is 0.746. The highest BCUT2D eigenvalue weighted by Gasteiger charge is 2.39. The molecule has 0 saturated carbocycles. The molecule has 1 heterocycles. The molecule has 0 N–H and O–H groups in total. The predicted molar refractivity (Wildman–Crippen MR) is 86.8 cm³/mol. The summed E-state index contributed by atoms with van der Waals surface area (Å²) < 4.78 is 0. The van der Waals surface area contributed by atoms with E-state index >= 15 is 0 Å². The van der Waals surface area contributed by atoms with E-state index in [1.807, 2.05) is 41.3 Å². The molecule has 2 aromatic rings. The highest BCUT2D eigenvalue weighted by atomic mass is 16.2. The number of carbonyl (C=O) groups is 1. The first-order valence-electron chi connectivity index (χ1n) is 7.49. The average molecular weight is 279 g/mol. The van der Waals surface area contributed by atoms with E-state index in [9.17, 15) is 4.79 Å². The Hall–Kier alpha value is -2.09. The molecular weight excluding hydrogens is 258 g/mol. The molecule has 108 valence electrons. The first-order chi connectivity index (χ1) is 10.0. The Morgan fingerprint density at radius 1 is 1.05 bits per heavy atom. The minimum atomic E-state index is -0.180. The SMILES string of the molecule is C[C@@H]1CC(C)(C)N(C(=O)c2ccccc2)c2ccccc21. The zero-order chi connectivity index (χ0) is 15.0. The van der Waals surface area contributed by atoms with Crippen molar-refractivity contribution in [2.45, 2.75) is 38.6 Å². The molecule has 0 saturated heterocycles. The Balaban J connectivity index is 2.11. The first-order valence-corrected chi connectivity index (χ1v) is 7.49. The van der Waals surface area contributed by atoms with Crippen molar-refractivity contribution in [3.63, 3.8) is 0 Å². The Kier molecular flexibility index (Phi) is 3.32. The highest BCUT2D eigenvalue weighted by Crippen LogP contribution is 2.43. The van der Waals surface area contributed by atoms with Gasteiger partial charge in [-0.3, -0.25) is 4.79 Å². The van der Waals surface area contributed by atoms with Crippen LogP contribution in [0.25, 0.3) is 0 Å². The molecule has 0 bridgehead atoms. The van der Waals surface area contributed by atoms with Gasteiger partial charge in [0.2, 0.25) is 0 Å². The fourth-order valence-electron chi connectivity index (χ4n) is 3.48. The molecule has 0 fully saturated rings. The monoisotopic (exact) mass is 279 g/mol. The normalized spacial score (nSPS) is 20.0. The molecule has 1 aliphatic rings. The van der Waals surface area contributed by atoms with Crippen LogP contribution < -0.4 is 4.90 Å². The number of anilines is 1. The summed E-state index contributed by atoms with van der Waals surface area (Å²) in [6, 6.07) is 17.8. The van der Waals surface area contributed by atoms with Crippen LogP contribution in [0.1, 0.15) is 49.0 Å². The van der Waals surface area contributed by atoms with Gasteiger partial charge in [-0.15, -0.1) is 0 Å². The molecule has 1 atom stereocenters. The van der Waals surface area contributed by atoms with Crippen molar-refractivity contribution >= 4 is 11.6 Å². The standard InChI is InChI=1S/C19H21NO/c1-14-13-19(2,3)20(17-12-8-7-11-16(14)17)18(21)15-9-5-4-6-10-15/h4-12,14H,13H2,1-3H3/t14-/m1/s1. The second-order valence-electron chi connectivity index (χ2n) is 6.48. The topological polar surface area (TPSA) is 20.3 Å². The first kappa shape index (κ1) is 13.9. The number of rotatable bonds is 1. The van der Waals surface area contributed by atoms with Crippen molar-refractivity contribution in [1.29, 1.82) is 0 Å². The summed E-state index contributed by atoms with van der Waals surface area (Å²) in [5.74, 6) is 0.552. The van der Waals surface area contributed by atoms with E-state index in [0.717, 1.165) is 17.7 Å². The van der Waals surface area contributed by atoms with Crippen LogP contribution in [-0.4, -0.2) is 11.4 Å². The van der Waals surface area contributed by atoms with E-state index in [-0.39, 0.29) is 11.4 Å². The van der Waals surface area contributed by atoms with Gasteiger partial charge in [0.15, 0.2) is 0 Å². The van der Waals surface area contributed by atoms with Crippen LogP contribution in [0.3, 0.4) is 0 Å². The van der Waals surface area contributed by atoms with Gasteiger partial charge in [0.1, 0.15) is 0 Å². The third kappa shape index (κ3) is 2.35. The molecule has 0 unspecified atom stereocenters. The third-order valence-corrected chi connectivity index (χ3v) is 4.34. The fourth-order valence-corrected chi connectivity index (χ4v) is 3.48. The van der Waals surface area contributed by atoms with Gasteiger partial charge in [0.25, 0.3) is 5.91 Å². The molecule has 2 nitrogen and oxygen atoms in total. The van der Waals surface area contributed by atoms with Crippen LogP contribution in [0, 0.1) is 0 Å². The number of benzene rings is 2. The van der Waals surface area contributed by atoms with Crippen molar-refractivity contribution in [1.82, 2.24) is 0 Å². The van der Waals surface area contributed by atoms with Gasteiger partial charge in [-0.25, -0.2) is 0 Å². The lowest BCUT2D eigenvalue weighted by Gasteiger charge is -2.46. The van der Waals surface area contributed by atoms with E-state index in [2.05, 4.69) is 39.0 Å². The number of hydrogen-bond acceptors (Lipinski definition) is 1. The van der Waals surface area contributed by atoms with Crippen LogP contribution in [0.15, 0.2) is 54.6 Å². The van der Waals surface area contributed by atoms with Crippen LogP contribution in [-0.2, 0) is 0 Å². The van der Waals surface area contributed by atoms with Gasteiger partial charge in [-0.1, -0.05) is 43.3 Å². The number of para-hydroxylation sites is 1. The molecule has 3 rings (SSSR count). The maximum Gasteiger partial charge on any atom is 0.258 e. The lowest BCUT2D eigenvalue weighted by molar-refractivity contribution is 0.0954. The third-order valence-electron chi connectivity index (χ3n) is 4.34.